The fourth-order valence-electron chi connectivity index (χ4n) is 0. The molecule has 0 atom stereocenters. The Kier molecular flexibility index (Phi) is 4.96. The highest BCUT2D eigenvalue weighted by Crippen LogP contribution is 1.93. The van der Waals surface area contributed by atoms with E-state index < -0.39 is 5.60 Å². The Hall–Kier alpha value is -0.0800. The Bertz CT molecular complexity index is 52.2. The summed E-state index contributed by atoms with van der Waals surface area (Å²) in [6.45, 7) is 11.1. The number of aliphatic hydroxyl groups is 1. The van der Waals surface area contributed by atoms with Crippen molar-refractivity contribution in [2.45, 2.75) is 52.7 Å². The van der Waals surface area contributed by atoms with E-state index in [1.807, 2.05) is 20.8 Å². The van der Waals surface area contributed by atoms with Gasteiger partial charge in [0, 0.05) is 5.54 Å². The molecule has 0 fully saturated rings. The van der Waals surface area contributed by atoms with Gasteiger partial charge in [0.25, 0.3) is 0 Å². The molecule has 2 nitrogen and oxygen atoms in total. The minimum Gasteiger partial charge on any atom is -0.391 e. The highest BCUT2D eigenvalue weighted by molar-refractivity contribution is 4.60. The van der Waals surface area contributed by atoms with E-state index in [9.17, 15) is 0 Å². The monoisotopic (exact) mass is 147 g/mol. The Balaban J connectivity index is 0. The van der Waals surface area contributed by atoms with Crippen LogP contribution in [0.2, 0.25) is 0 Å². The molecule has 0 unspecified atom stereocenters. The average molecular weight is 147 g/mol. The lowest BCUT2D eigenvalue weighted by molar-refractivity contribution is 0.102. The summed E-state index contributed by atoms with van der Waals surface area (Å²) < 4.78 is 0. The molecule has 0 aliphatic heterocycles. The van der Waals surface area contributed by atoms with Crippen LogP contribution in [0.1, 0.15) is 41.5 Å². The fourth-order valence-corrected chi connectivity index (χ4v) is 0. The molecular formula is C8H21NO. The summed E-state index contributed by atoms with van der Waals surface area (Å²) in [5.74, 6) is 0. The second-order valence-corrected chi connectivity index (χ2v) is 4.54. The van der Waals surface area contributed by atoms with E-state index in [0.29, 0.717) is 0 Å². The molecule has 0 aromatic carbocycles. The Morgan fingerprint density at radius 2 is 0.900 bits per heavy atom. The van der Waals surface area contributed by atoms with Crippen molar-refractivity contribution in [2.24, 2.45) is 5.73 Å². The van der Waals surface area contributed by atoms with Gasteiger partial charge in [0.05, 0.1) is 5.60 Å². The molecule has 0 aliphatic rings. The first-order valence-electron chi connectivity index (χ1n) is 3.51. The van der Waals surface area contributed by atoms with Gasteiger partial charge >= 0.3 is 0 Å². The minimum absolute atomic E-state index is 0. The van der Waals surface area contributed by atoms with Crippen molar-refractivity contribution in [3.63, 3.8) is 0 Å². The lowest BCUT2D eigenvalue weighted by Gasteiger charge is -2.06. The van der Waals surface area contributed by atoms with E-state index >= 15 is 0 Å². The summed E-state index contributed by atoms with van der Waals surface area (Å²) in [5, 5.41) is 8.52. The molecule has 10 heavy (non-hydrogen) atoms. The van der Waals surface area contributed by atoms with Gasteiger partial charge in [0.2, 0.25) is 0 Å². The van der Waals surface area contributed by atoms with Gasteiger partial charge in [0.1, 0.15) is 0 Å². The molecule has 0 aliphatic carbocycles. The van der Waals surface area contributed by atoms with Gasteiger partial charge in [-0.2, -0.15) is 0 Å². The first-order valence-corrected chi connectivity index (χ1v) is 3.51. The minimum atomic E-state index is -0.500. The van der Waals surface area contributed by atoms with Crippen molar-refractivity contribution < 1.29 is 5.11 Å². The zero-order valence-electron chi connectivity index (χ0n) is 8.02. The normalized spacial score (nSPS) is 12.0. The van der Waals surface area contributed by atoms with Crippen LogP contribution in [0.25, 0.3) is 0 Å². The van der Waals surface area contributed by atoms with E-state index in [-0.39, 0.29) is 5.54 Å². The summed E-state index contributed by atoms with van der Waals surface area (Å²) in [4.78, 5) is 0. The van der Waals surface area contributed by atoms with E-state index in [0.717, 1.165) is 0 Å². The smallest absolute Gasteiger partial charge is 0.0563 e. The molecule has 0 heterocycles. The third kappa shape index (κ3) is 59300. The van der Waals surface area contributed by atoms with Crippen molar-refractivity contribution in [3.05, 3.63) is 0 Å². The van der Waals surface area contributed by atoms with Crippen LogP contribution >= 0.6 is 0 Å². The maximum absolute atomic E-state index is 8.52. The maximum atomic E-state index is 8.52. The van der Waals surface area contributed by atoms with E-state index in [1.54, 1.807) is 20.8 Å². The molecule has 0 rings (SSSR count). The Labute approximate surface area is 64.4 Å². The predicted molar refractivity (Wildman–Crippen MR) is 45.9 cm³/mol. The van der Waals surface area contributed by atoms with Gasteiger partial charge in [-0.05, 0) is 41.5 Å². The Morgan fingerprint density at radius 1 is 0.900 bits per heavy atom. The number of hydrogen-bond donors (Lipinski definition) is 2. The van der Waals surface area contributed by atoms with Gasteiger partial charge in [-0.15, -0.1) is 0 Å². The summed E-state index contributed by atoms with van der Waals surface area (Å²) >= 11 is 0. The van der Waals surface area contributed by atoms with Crippen LogP contribution in [0, 0.1) is 0 Å². The third-order valence-corrected chi connectivity index (χ3v) is 0. The highest BCUT2D eigenvalue weighted by atomic mass is 16.3. The van der Waals surface area contributed by atoms with E-state index in [1.165, 1.54) is 0 Å². The first-order chi connectivity index (χ1) is 4.00. The van der Waals surface area contributed by atoms with Crippen LogP contribution in [0.4, 0.5) is 0 Å². The lowest BCUT2D eigenvalue weighted by atomic mass is 10.1. The van der Waals surface area contributed by atoms with Crippen LogP contribution < -0.4 is 5.73 Å². The van der Waals surface area contributed by atoms with Gasteiger partial charge in [0.15, 0.2) is 0 Å². The zero-order valence-corrected chi connectivity index (χ0v) is 8.02. The zero-order chi connectivity index (χ0) is 9.00. The molecular weight excluding hydrogens is 126 g/mol. The van der Waals surface area contributed by atoms with Crippen molar-refractivity contribution in [1.29, 1.82) is 0 Å². The molecule has 0 saturated heterocycles. The van der Waals surface area contributed by atoms with Gasteiger partial charge < -0.3 is 10.8 Å². The summed E-state index contributed by atoms with van der Waals surface area (Å²) in [7, 11) is 0. The summed E-state index contributed by atoms with van der Waals surface area (Å²) in [5.41, 5.74) is 4.85. The highest BCUT2D eigenvalue weighted by Gasteiger charge is 1.97. The van der Waals surface area contributed by atoms with Crippen molar-refractivity contribution in [3.8, 4) is 0 Å². The maximum Gasteiger partial charge on any atom is 0.0563 e. The molecule has 0 bridgehead atoms. The molecule has 0 radical (unpaired) electrons. The standard InChI is InChI=1S/C4H11N.C4H10O/c2*1-4(2,3)5/h5H2,1-3H3;5H,1-3H3. The molecule has 2 heteroatoms. The lowest BCUT2D eigenvalue weighted by Crippen LogP contribution is -2.26. The summed E-state index contributed by atoms with van der Waals surface area (Å²) in [6, 6.07) is 0. The van der Waals surface area contributed by atoms with Gasteiger partial charge in [-0.25, -0.2) is 0 Å². The van der Waals surface area contributed by atoms with Gasteiger partial charge in [-0.1, -0.05) is 0 Å². The molecule has 0 saturated carbocycles. The van der Waals surface area contributed by atoms with Crippen LogP contribution in [0.3, 0.4) is 0 Å². The van der Waals surface area contributed by atoms with E-state index in [4.69, 9.17) is 10.8 Å². The van der Waals surface area contributed by atoms with E-state index in [2.05, 4.69) is 0 Å². The van der Waals surface area contributed by atoms with Crippen LogP contribution in [0.15, 0.2) is 0 Å². The molecule has 0 aromatic heterocycles. The van der Waals surface area contributed by atoms with Crippen LogP contribution in [-0.4, -0.2) is 16.2 Å². The molecule has 0 spiro atoms. The van der Waals surface area contributed by atoms with Crippen LogP contribution in [0.5, 0.6) is 0 Å². The van der Waals surface area contributed by atoms with Crippen molar-refractivity contribution in [2.75, 3.05) is 0 Å². The molecule has 3 N–H and O–H groups in total. The largest absolute Gasteiger partial charge is 0.391 e. The molecule has 64 valence electrons. The SMILES string of the molecule is CC(C)(C)N.CC(C)(C)O. The van der Waals surface area contributed by atoms with Crippen LogP contribution in [-0.2, 0) is 0 Å². The second-order valence-electron chi connectivity index (χ2n) is 4.54. The summed E-state index contributed by atoms with van der Waals surface area (Å²) in [6.07, 6.45) is 0. The number of rotatable bonds is 0. The second kappa shape index (κ2) is 3.94. The van der Waals surface area contributed by atoms with Gasteiger partial charge in [-0.3, -0.25) is 0 Å². The van der Waals surface area contributed by atoms with Crippen molar-refractivity contribution >= 4 is 0 Å². The van der Waals surface area contributed by atoms with Crippen molar-refractivity contribution in [1.82, 2.24) is 0 Å². The third-order valence-electron chi connectivity index (χ3n) is 0. The fraction of sp³-hybridized carbons (Fsp3) is 1.00. The quantitative estimate of drug-likeness (QED) is 0.545. The molecule has 0 amide bonds. The Morgan fingerprint density at radius 3 is 0.900 bits per heavy atom. The topological polar surface area (TPSA) is 46.2 Å². The predicted octanol–water partition coefficient (Wildman–Crippen LogP) is 1.52. The molecule has 0 aromatic rings. The average Bonchev–Trinajstić information content (AvgIpc) is 1.12. The number of nitrogens with two attached hydrogens (primary N) is 1. The first kappa shape index (κ1) is 12.6. The number of hydrogen-bond acceptors (Lipinski definition) is 2.